The highest BCUT2D eigenvalue weighted by molar-refractivity contribution is 5.54. The molecule has 0 heterocycles. The Hall–Kier alpha value is -2.30. The van der Waals surface area contributed by atoms with Gasteiger partial charge in [-0.15, -0.1) is 0 Å². The van der Waals surface area contributed by atoms with Crippen LogP contribution in [0.3, 0.4) is 0 Å². The lowest BCUT2D eigenvalue weighted by Crippen LogP contribution is -2.01. The van der Waals surface area contributed by atoms with E-state index in [4.69, 9.17) is 9.47 Å². The second kappa shape index (κ2) is 6.23. The van der Waals surface area contributed by atoms with E-state index in [-0.39, 0.29) is 0 Å². The van der Waals surface area contributed by atoms with Crippen molar-refractivity contribution >= 4 is 5.69 Å². The highest BCUT2D eigenvalue weighted by Gasteiger charge is 2.04. The van der Waals surface area contributed by atoms with Gasteiger partial charge in [-0.25, -0.2) is 8.78 Å². The van der Waals surface area contributed by atoms with Gasteiger partial charge in [-0.05, 0) is 17.7 Å². The lowest BCUT2D eigenvalue weighted by atomic mass is 10.2. The number of hydrogen-bond acceptors (Lipinski definition) is 3. The maximum atomic E-state index is 13.1. The van der Waals surface area contributed by atoms with Crippen LogP contribution >= 0.6 is 0 Å². The van der Waals surface area contributed by atoms with Gasteiger partial charge >= 0.3 is 0 Å². The third-order valence-corrected chi connectivity index (χ3v) is 2.77. The minimum Gasteiger partial charge on any atom is -0.497 e. The van der Waals surface area contributed by atoms with Crippen molar-refractivity contribution in [3.63, 3.8) is 0 Å². The van der Waals surface area contributed by atoms with Crippen LogP contribution in [0.25, 0.3) is 0 Å². The van der Waals surface area contributed by atoms with Crippen LogP contribution in [0, 0.1) is 11.6 Å². The van der Waals surface area contributed by atoms with Crippen molar-refractivity contribution in [1.29, 1.82) is 0 Å². The van der Waals surface area contributed by atoms with Crippen molar-refractivity contribution in [1.82, 2.24) is 0 Å². The smallest absolute Gasteiger partial charge is 0.126 e. The number of rotatable bonds is 5. The summed E-state index contributed by atoms with van der Waals surface area (Å²) < 4.78 is 36.5. The summed E-state index contributed by atoms with van der Waals surface area (Å²) in [6.45, 7) is 0.297. The monoisotopic (exact) mass is 279 g/mol. The van der Waals surface area contributed by atoms with Gasteiger partial charge in [0.2, 0.25) is 0 Å². The molecule has 0 saturated heterocycles. The highest BCUT2D eigenvalue weighted by Crippen LogP contribution is 2.26. The number of ether oxygens (including phenoxy) is 2. The van der Waals surface area contributed by atoms with Crippen molar-refractivity contribution in [2.75, 3.05) is 19.5 Å². The van der Waals surface area contributed by atoms with E-state index in [2.05, 4.69) is 5.32 Å². The molecule has 0 unspecified atom stereocenters. The van der Waals surface area contributed by atoms with E-state index in [0.29, 0.717) is 23.6 Å². The standard InChI is InChI=1S/C15H15F2NO2/c1-19-14-6-13(7-15(8-14)20-2)18-9-10-3-11(16)5-12(17)4-10/h3-8,18H,9H2,1-2H3. The van der Waals surface area contributed by atoms with E-state index in [0.717, 1.165) is 11.8 Å². The Bertz CT molecular complexity index is 560. The van der Waals surface area contributed by atoms with Gasteiger partial charge in [-0.1, -0.05) is 0 Å². The summed E-state index contributed by atoms with van der Waals surface area (Å²) in [4.78, 5) is 0. The molecule has 0 saturated carbocycles. The average molecular weight is 279 g/mol. The normalized spacial score (nSPS) is 10.2. The quantitative estimate of drug-likeness (QED) is 0.907. The van der Waals surface area contributed by atoms with Crippen LogP contribution in [-0.2, 0) is 6.54 Å². The largest absolute Gasteiger partial charge is 0.497 e. The van der Waals surface area contributed by atoms with Crippen LogP contribution in [0.15, 0.2) is 36.4 Å². The maximum Gasteiger partial charge on any atom is 0.126 e. The van der Waals surface area contributed by atoms with Crippen molar-refractivity contribution in [2.45, 2.75) is 6.54 Å². The predicted molar refractivity (Wildman–Crippen MR) is 73.2 cm³/mol. The number of methoxy groups -OCH3 is 2. The summed E-state index contributed by atoms with van der Waals surface area (Å²) in [5, 5.41) is 3.07. The summed E-state index contributed by atoms with van der Waals surface area (Å²) >= 11 is 0. The molecule has 2 aromatic rings. The zero-order valence-electron chi connectivity index (χ0n) is 11.2. The SMILES string of the molecule is COc1cc(NCc2cc(F)cc(F)c2)cc(OC)c1. The number of halogens is 2. The van der Waals surface area contributed by atoms with Crippen LogP contribution in [0.5, 0.6) is 11.5 Å². The molecule has 2 rings (SSSR count). The van der Waals surface area contributed by atoms with E-state index in [1.54, 1.807) is 32.4 Å². The zero-order valence-corrected chi connectivity index (χ0v) is 11.2. The van der Waals surface area contributed by atoms with Crippen LogP contribution < -0.4 is 14.8 Å². The van der Waals surface area contributed by atoms with Gasteiger partial charge in [-0.2, -0.15) is 0 Å². The minimum absolute atomic E-state index is 0.297. The Morgan fingerprint density at radius 1 is 0.850 bits per heavy atom. The molecule has 0 atom stereocenters. The van der Waals surface area contributed by atoms with Crippen LogP contribution in [0.2, 0.25) is 0 Å². The van der Waals surface area contributed by atoms with Gasteiger partial charge in [0.1, 0.15) is 23.1 Å². The molecule has 3 nitrogen and oxygen atoms in total. The lowest BCUT2D eigenvalue weighted by Gasteiger charge is -2.11. The first kappa shape index (κ1) is 14.1. The second-order valence-corrected chi connectivity index (χ2v) is 4.23. The van der Waals surface area contributed by atoms with Crippen molar-refractivity contribution < 1.29 is 18.3 Å². The lowest BCUT2D eigenvalue weighted by molar-refractivity contribution is 0.394. The third kappa shape index (κ3) is 3.60. The fourth-order valence-electron chi connectivity index (χ4n) is 1.83. The number of anilines is 1. The van der Waals surface area contributed by atoms with Crippen molar-refractivity contribution in [3.05, 3.63) is 53.6 Å². The summed E-state index contributed by atoms with van der Waals surface area (Å²) in [5.41, 5.74) is 1.26. The Labute approximate surface area is 116 Å². The molecule has 0 aliphatic rings. The molecule has 0 bridgehead atoms. The predicted octanol–water partition coefficient (Wildman–Crippen LogP) is 3.59. The zero-order chi connectivity index (χ0) is 14.5. The molecule has 5 heteroatoms. The molecule has 20 heavy (non-hydrogen) atoms. The third-order valence-electron chi connectivity index (χ3n) is 2.77. The first-order chi connectivity index (χ1) is 9.60. The van der Waals surface area contributed by atoms with Gasteiger partial charge in [0.05, 0.1) is 14.2 Å². The van der Waals surface area contributed by atoms with Crippen LogP contribution in [0.1, 0.15) is 5.56 Å². The minimum atomic E-state index is -0.593. The Balaban J connectivity index is 2.13. The number of benzene rings is 2. The average Bonchev–Trinajstić information content (AvgIpc) is 2.43. The molecule has 0 fully saturated rings. The molecule has 1 N–H and O–H groups in total. The van der Waals surface area contributed by atoms with Crippen molar-refractivity contribution in [3.8, 4) is 11.5 Å². The molecular formula is C15H15F2NO2. The molecule has 0 spiro atoms. The van der Waals surface area contributed by atoms with E-state index in [9.17, 15) is 8.78 Å². The first-order valence-electron chi connectivity index (χ1n) is 6.02. The van der Waals surface area contributed by atoms with Gasteiger partial charge in [-0.3, -0.25) is 0 Å². The van der Waals surface area contributed by atoms with E-state index < -0.39 is 11.6 Å². The summed E-state index contributed by atoms with van der Waals surface area (Å²) in [5.74, 6) is 0.0876. The fourth-order valence-corrected chi connectivity index (χ4v) is 1.83. The topological polar surface area (TPSA) is 30.5 Å². The second-order valence-electron chi connectivity index (χ2n) is 4.23. The van der Waals surface area contributed by atoms with Crippen molar-refractivity contribution in [2.24, 2.45) is 0 Å². The van der Waals surface area contributed by atoms with Crippen LogP contribution in [0.4, 0.5) is 14.5 Å². The van der Waals surface area contributed by atoms with Gasteiger partial charge < -0.3 is 14.8 Å². The Kier molecular flexibility index (Phi) is 4.40. The van der Waals surface area contributed by atoms with Gasteiger partial charge in [0.15, 0.2) is 0 Å². The molecule has 2 aromatic carbocycles. The maximum absolute atomic E-state index is 13.1. The molecule has 0 aliphatic carbocycles. The number of nitrogens with one attached hydrogen (secondary N) is 1. The van der Waals surface area contributed by atoms with Gasteiger partial charge in [0, 0.05) is 36.5 Å². The van der Waals surface area contributed by atoms with Crippen LogP contribution in [-0.4, -0.2) is 14.2 Å². The summed E-state index contributed by atoms with van der Waals surface area (Å²) in [6.07, 6.45) is 0. The molecule has 0 aromatic heterocycles. The van der Waals surface area contributed by atoms with E-state index in [1.165, 1.54) is 12.1 Å². The summed E-state index contributed by atoms with van der Waals surface area (Å²) in [6, 6.07) is 8.71. The fraction of sp³-hybridized carbons (Fsp3) is 0.200. The first-order valence-corrected chi connectivity index (χ1v) is 6.02. The van der Waals surface area contributed by atoms with E-state index >= 15 is 0 Å². The molecular weight excluding hydrogens is 264 g/mol. The molecule has 106 valence electrons. The highest BCUT2D eigenvalue weighted by atomic mass is 19.1. The molecule has 0 radical (unpaired) electrons. The number of hydrogen-bond donors (Lipinski definition) is 1. The molecule has 0 aliphatic heterocycles. The van der Waals surface area contributed by atoms with Gasteiger partial charge in [0.25, 0.3) is 0 Å². The Morgan fingerprint density at radius 3 is 1.90 bits per heavy atom. The molecule has 0 amide bonds. The Morgan fingerprint density at radius 2 is 1.40 bits per heavy atom. The summed E-state index contributed by atoms with van der Waals surface area (Å²) in [7, 11) is 3.11. The van der Waals surface area contributed by atoms with E-state index in [1.807, 2.05) is 0 Å².